The predicted molar refractivity (Wildman–Crippen MR) is 132 cm³/mol. The monoisotopic (exact) mass is 476 g/mol. The Labute approximate surface area is 200 Å². The molecule has 5 nitrogen and oxygen atoms in total. The third-order valence-electron chi connectivity index (χ3n) is 4.69. The summed E-state index contributed by atoms with van der Waals surface area (Å²) in [6, 6.07) is 27.7. The molecular weight excluding hydrogens is 459 g/mol. The average Bonchev–Trinajstić information content (AvgIpc) is 2.81. The van der Waals surface area contributed by atoms with Crippen LogP contribution in [0.3, 0.4) is 0 Å². The zero-order chi connectivity index (χ0) is 23.2. The van der Waals surface area contributed by atoms with E-state index < -0.39 is 5.91 Å². The van der Waals surface area contributed by atoms with Crippen molar-refractivity contribution in [3.8, 4) is 11.5 Å². The van der Waals surface area contributed by atoms with E-state index in [1.165, 1.54) is 12.1 Å². The first kappa shape index (κ1) is 22.4. The summed E-state index contributed by atoms with van der Waals surface area (Å²) in [5, 5.41) is 6.22. The third kappa shape index (κ3) is 5.71. The van der Waals surface area contributed by atoms with Crippen LogP contribution in [0.4, 0.5) is 11.4 Å². The molecule has 0 saturated carbocycles. The van der Waals surface area contributed by atoms with Gasteiger partial charge in [0.05, 0.1) is 21.8 Å². The minimum Gasteiger partial charge on any atom is -0.457 e. The molecule has 2 amide bonds. The van der Waals surface area contributed by atoms with Crippen molar-refractivity contribution in [2.75, 3.05) is 10.6 Å². The van der Waals surface area contributed by atoms with Crippen molar-refractivity contribution in [2.24, 2.45) is 0 Å². The Hall–Kier alpha value is -3.80. The van der Waals surface area contributed by atoms with Crippen LogP contribution in [0, 0.1) is 0 Å². The van der Waals surface area contributed by atoms with Gasteiger partial charge in [-0.3, -0.25) is 9.59 Å². The number of hydrogen-bond acceptors (Lipinski definition) is 3. The van der Waals surface area contributed by atoms with Gasteiger partial charge >= 0.3 is 0 Å². The van der Waals surface area contributed by atoms with E-state index in [0.29, 0.717) is 27.7 Å². The lowest BCUT2D eigenvalue weighted by atomic mass is 10.1. The lowest BCUT2D eigenvalue weighted by Crippen LogP contribution is -2.18. The van der Waals surface area contributed by atoms with Crippen LogP contribution in [-0.4, -0.2) is 11.8 Å². The highest BCUT2D eigenvalue weighted by Crippen LogP contribution is 2.25. The second-order valence-corrected chi connectivity index (χ2v) is 7.86. The minimum absolute atomic E-state index is 0.222. The lowest BCUT2D eigenvalue weighted by molar-refractivity contribution is 0.102. The Morgan fingerprint density at radius 2 is 1.27 bits per heavy atom. The fourth-order valence-electron chi connectivity index (χ4n) is 3.08. The molecule has 4 rings (SSSR count). The van der Waals surface area contributed by atoms with Gasteiger partial charge in [-0.1, -0.05) is 53.5 Å². The van der Waals surface area contributed by atoms with Gasteiger partial charge in [0.15, 0.2) is 0 Å². The molecule has 0 atom stereocenters. The van der Waals surface area contributed by atoms with Crippen LogP contribution in [0.25, 0.3) is 0 Å². The molecule has 0 spiro atoms. The van der Waals surface area contributed by atoms with Crippen molar-refractivity contribution in [1.29, 1.82) is 0 Å². The summed E-state index contributed by atoms with van der Waals surface area (Å²) < 4.78 is 5.77. The normalized spacial score (nSPS) is 10.4. The van der Waals surface area contributed by atoms with Gasteiger partial charge in [-0.25, -0.2) is 0 Å². The maximum absolute atomic E-state index is 12.9. The first-order valence-electron chi connectivity index (χ1n) is 9.99. The first-order valence-corrected chi connectivity index (χ1v) is 10.7. The molecule has 0 aliphatic rings. The van der Waals surface area contributed by atoms with Crippen molar-refractivity contribution in [1.82, 2.24) is 0 Å². The highest BCUT2D eigenvalue weighted by molar-refractivity contribution is 6.37. The number of para-hydroxylation sites is 2. The van der Waals surface area contributed by atoms with Crippen LogP contribution >= 0.6 is 23.2 Å². The van der Waals surface area contributed by atoms with Gasteiger partial charge in [-0.05, 0) is 66.7 Å². The molecule has 0 aliphatic carbocycles. The second kappa shape index (κ2) is 10.2. The van der Waals surface area contributed by atoms with E-state index >= 15 is 0 Å². The van der Waals surface area contributed by atoms with E-state index in [4.69, 9.17) is 27.9 Å². The minimum atomic E-state index is -0.445. The molecule has 4 aromatic carbocycles. The SMILES string of the molecule is O=C(Nc1ccccc1C(=O)Nc1ccc(Oc2ccccc2)cc1)c1ccc(Cl)cc1Cl. The lowest BCUT2D eigenvalue weighted by Gasteiger charge is -2.13. The van der Waals surface area contributed by atoms with Crippen molar-refractivity contribution in [3.63, 3.8) is 0 Å². The van der Waals surface area contributed by atoms with Crippen LogP contribution < -0.4 is 15.4 Å². The molecule has 0 fully saturated rings. The maximum Gasteiger partial charge on any atom is 0.257 e. The van der Waals surface area contributed by atoms with Crippen LogP contribution in [-0.2, 0) is 0 Å². The topological polar surface area (TPSA) is 67.4 Å². The van der Waals surface area contributed by atoms with E-state index in [1.807, 2.05) is 30.3 Å². The van der Waals surface area contributed by atoms with Crippen LogP contribution in [0.5, 0.6) is 11.5 Å². The van der Waals surface area contributed by atoms with Gasteiger partial charge in [-0.2, -0.15) is 0 Å². The van der Waals surface area contributed by atoms with E-state index in [2.05, 4.69) is 10.6 Å². The summed E-state index contributed by atoms with van der Waals surface area (Å²) in [5.74, 6) is 0.551. The largest absolute Gasteiger partial charge is 0.457 e. The predicted octanol–water partition coefficient (Wildman–Crippen LogP) is 7.29. The summed E-state index contributed by atoms with van der Waals surface area (Å²) in [7, 11) is 0. The van der Waals surface area contributed by atoms with Gasteiger partial charge in [-0.15, -0.1) is 0 Å². The number of nitrogens with one attached hydrogen (secondary N) is 2. The van der Waals surface area contributed by atoms with E-state index in [9.17, 15) is 9.59 Å². The Morgan fingerprint density at radius 3 is 2.00 bits per heavy atom. The molecule has 7 heteroatoms. The standard InChI is InChI=1S/C26H18Cl2N2O3/c27-17-10-15-21(23(28)16-17)25(31)30-24-9-5-4-8-22(24)26(32)29-18-11-13-20(14-12-18)33-19-6-2-1-3-7-19/h1-16H,(H,29,32)(H,30,31). The fourth-order valence-corrected chi connectivity index (χ4v) is 3.58. The molecule has 0 radical (unpaired) electrons. The average molecular weight is 477 g/mol. The van der Waals surface area contributed by atoms with Crippen LogP contribution in [0.2, 0.25) is 10.0 Å². The van der Waals surface area contributed by atoms with E-state index in [-0.39, 0.29) is 16.5 Å². The number of ether oxygens (including phenoxy) is 1. The number of carbonyl (C=O) groups is 2. The molecule has 164 valence electrons. The number of benzene rings is 4. The quantitative estimate of drug-likeness (QED) is 0.307. The number of hydrogen-bond donors (Lipinski definition) is 2. The van der Waals surface area contributed by atoms with Crippen molar-refractivity contribution < 1.29 is 14.3 Å². The molecule has 4 aromatic rings. The highest BCUT2D eigenvalue weighted by atomic mass is 35.5. The van der Waals surface area contributed by atoms with Gasteiger partial charge in [0, 0.05) is 10.7 Å². The van der Waals surface area contributed by atoms with Crippen molar-refractivity contribution >= 4 is 46.4 Å². The number of halogens is 2. The maximum atomic E-state index is 12.9. The number of amides is 2. The van der Waals surface area contributed by atoms with Gasteiger partial charge in [0.2, 0.25) is 0 Å². The number of carbonyl (C=O) groups excluding carboxylic acids is 2. The zero-order valence-electron chi connectivity index (χ0n) is 17.2. The summed E-state index contributed by atoms with van der Waals surface area (Å²) in [4.78, 5) is 25.6. The number of anilines is 2. The fraction of sp³-hybridized carbons (Fsp3) is 0. The molecule has 33 heavy (non-hydrogen) atoms. The van der Waals surface area contributed by atoms with E-state index in [1.54, 1.807) is 54.6 Å². The molecule has 0 unspecified atom stereocenters. The summed E-state index contributed by atoms with van der Waals surface area (Å²) in [6.45, 7) is 0. The molecule has 0 heterocycles. The Balaban J connectivity index is 1.46. The van der Waals surface area contributed by atoms with Crippen LogP contribution in [0.1, 0.15) is 20.7 Å². The Morgan fingerprint density at radius 1 is 0.636 bits per heavy atom. The van der Waals surface area contributed by atoms with Gasteiger partial charge < -0.3 is 15.4 Å². The highest BCUT2D eigenvalue weighted by Gasteiger charge is 2.16. The van der Waals surface area contributed by atoms with E-state index in [0.717, 1.165) is 5.75 Å². The summed E-state index contributed by atoms with van der Waals surface area (Å²) in [6.07, 6.45) is 0. The second-order valence-electron chi connectivity index (χ2n) is 7.02. The molecule has 0 bridgehead atoms. The summed E-state index contributed by atoms with van der Waals surface area (Å²) in [5.41, 5.74) is 1.50. The Bertz CT molecular complexity index is 1290. The smallest absolute Gasteiger partial charge is 0.257 e. The van der Waals surface area contributed by atoms with Gasteiger partial charge in [0.1, 0.15) is 11.5 Å². The van der Waals surface area contributed by atoms with Crippen LogP contribution in [0.15, 0.2) is 97.1 Å². The molecule has 0 aromatic heterocycles. The first-order chi connectivity index (χ1) is 16.0. The molecular formula is C26H18Cl2N2O3. The van der Waals surface area contributed by atoms with Gasteiger partial charge in [0.25, 0.3) is 11.8 Å². The molecule has 0 aliphatic heterocycles. The molecule has 2 N–H and O–H groups in total. The van der Waals surface area contributed by atoms with Crippen molar-refractivity contribution in [3.05, 3.63) is 118 Å². The molecule has 0 saturated heterocycles. The summed E-state index contributed by atoms with van der Waals surface area (Å²) >= 11 is 12.0. The third-order valence-corrected chi connectivity index (χ3v) is 5.23. The van der Waals surface area contributed by atoms with Crippen molar-refractivity contribution in [2.45, 2.75) is 0 Å². The Kier molecular flexibility index (Phi) is 6.93. The number of rotatable bonds is 6. The zero-order valence-corrected chi connectivity index (χ0v) is 18.7.